The van der Waals surface area contributed by atoms with Crippen LogP contribution in [-0.2, 0) is 9.47 Å². The summed E-state index contributed by atoms with van der Waals surface area (Å²) in [6.07, 6.45) is 2.24. The van der Waals surface area contributed by atoms with Crippen molar-refractivity contribution in [2.75, 3.05) is 47.7 Å². The topological polar surface area (TPSA) is 18.5 Å². The van der Waals surface area contributed by atoms with Crippen LogP contribution in [0, 0.1) is 11.8 Å². The summed E-state index contributed by atoms with van der Waals surface area (Å²) in [6.45, 7) is 10.4. The molecule has 0 aliphatic rings. The second-order valence-electron chi connectivity index (χ2n) is 6.54. The summed E-state index contributed by atoms with van der Waals surface area (Å²) in [5, 5.41) is 0. The SMILES string of the molecule is CC(C)CSCCOC(=S)SCCCCSC(=S)OCCSCC(C)C. The number of hydrogen-bond acceptors (Lipinski definition) is 8. The molecule has 0 aromatic heterocycles. The average molecular weight is 475 g/mol. The molecule has 8 heteroatoms. The molecule has 0 N–H and O–H groups in total. The normalized spacial score (nSPS) is 11.2. The van der Waals surface area contributed by atoms with E-state index in [1.54, 1.807) is 23.5 Å². The van der Waals surface area contributed by atoms with Crippen LogP contribution in [0.4, 0.5) is 0 Å². The lowest BCUT2D eigenvalue weighted by Crippen LogP contribution is -2.04. The van der Waals surface area contributed by atoms with E-state index >= 15 is 0 Å². The van der Waals surface area contributed by atoms with Gasteiger partial charge in [-0.1, -0.05) is 51.2 Å². The van der Waals surface area contributed by atoms with Crippen LogP contribution >= 0.6 is 71.5 Å². The average Bonchev–Trinajstić information content (AvgIpc) is 2.56. The maximum atomic E-state index is 5.57. The third-order valence-electron chi connectivity index (χ3n) is 2.78. The highest BCUT2D eigenvalue weighted by Crippen LogP contribution is 2.15. The molecule has 0 heterocycles. The summed E-state index contributed by atoms with van der Waals surface area (Å²) in [5.41, 5.74) is 0. The van der Waals surface area contributed by atoms with Crippen molar-refractivity contribution in [3.05, 3.63) is 0 Å². The lowest BCUT2D eigenvalue weighted by molar-refractivity contribution is 0.350. The first-order valence-electron chi connectivity index (χ1n) is 9.16. The third-order valence-corrected chi connectivity index (χ3v) is 8.13. The molecule has 0 saturated heterocycles. The van der Waals surface area contributed by atoms with Gasteiger partial charge in [0.15, 0.2) is 0 Å². The molecule has 0 amide bonds. The predicted molar refractivity (Wildman–Crippen MR) is 136 cm³/mol. The predicted octanol–water partition coefficient (Wildman–Crippen LogP) is 6.61. The molecule has 0 fully saturated rings. The van der Waals surface area contributed by atoms with Gasteiger partial charge in [0.1, 0.15) is 0 Å². The van der Waals surface area contributed by atoms with Crippen LogP contribution in [0.25, 0.3) is 0 Å². The summed E-state index contributed by atoms with van der Waals surface area (Å²) < 4.78 is 12.5. The monoisotopic (exact) mass is 474 g/mol. The molecule has 0 unspecified atom stereocenters. The molecular weight excluding hydrogens is 441 g/mol. The highest BCUT2D eigenvalue weighted by Gasteiger charge is 2.02. The Morgan fingerprint density at radius 3 is 1.42 bits per heavy atom. The molecule has 0 aromatic rings. The Labute approximate surface area is 188 Å². The number of unbranched alkanes of at least 4 members (excludes halogenated alkanes) is 1. The Hall–Kier alpha value is 1.18. The maximum Gasteiger partial charge on any atom is 0.219 e. The van der Waals surface area contributed by atoms with E-state index < -0.39 is 0 Å². The summed E-state index contributed by atoms with van der Waals surface area (Å²) in [7, 11) is 0. The van der Waals surface area contributed by atoms with E-state index in [0.717, 1.165) is 60.9 Å². The number of ether oxygens (including phenoxy) is 2. The number of hydrogen-bond donors (Lipinski definition) is 0. The Balaban J connectivity index is 3.33. The molecule has 154 valence electrons. The highest BCUT2D eigenvalue weighted by atomic mass is 32.2. The van der Waals surface area contributed by atoms with Gasteiger partial charge in [-0.2, -0.15) is 23.5 Å². The molecule has 26 heavy (non-hydrogen) atoms. The fourth-order valence-electron chi connectivity index (χ4n) is 1.60. The molecule has 0 spiro atoms. The largest absolute Gasteiger partial charge is 0.478 e. The van der Waals surface area contributed by atoms with Crippen LogP contribution in [0.15, 0.2) is 0 Å². The first kappa shape index (κ1) is 27.2. The molecule has 0 aromatic carbocycles. The van der Waals surface area contributed by atoms with Crippen LogP contribution in [0.5, 0.6) is 0 Å². The Kier molecular flexibility index (Phi) is 20.4. The molecule has 0 aliphatic heterocycles. The van der Waals surface area contributed by atoms with Crippen LogP contribution in [0.3, 0.4) is 0 Å². The minimum absolute atomic E-state index is 0.681. The molecule has 0 atom stereocenters. The van der Waals surface area contributed by atoms with Gasteiger partial charge in [0, 0.05) is 23.0 Å². The van der Waals surface area contributed by atoms with Crippen LogP contribution in [-0.4, -0.2) is 56.5 Å². The van der Waals surface area contributed by atoms with Crippen molar-refractivity contribution < 1.29 is 9.47 Å². The van der Waals surface area contributed by atoms with Gasteiger partial charge < -0.3 is 9.47 Å². The van der Waals surface area contributed by atoms with Crippen molar-refractivity contribution in [3.8, 4) is 0 Å². The maximum absolute atomic E-state index is 5.57. The second-order valence-corrected chi connectivity index (χ2v) is 12.2. The number of thioether (sulfide) groups is 4. The minimum atomic E-state index is 0.681. The first-order valence-corrected chi connectivity index (χ1v) is 14.3. The van der Waals surface area contributed by atoms with Crippen molar-refractivity contribution in [1.29, 1.82) is 0 Å². The summed E-state index contributed by atoms with van der Waals surface area (Å²) >= 11 is 17.6. The second kappa shape index (κ2) is 19.5. The van der Waals surface area contributed by atoms with E-state index in [2.05, 4.69) is 27.7 Å². The van der Waals surface area contributed by atoms with Gasteiger partial charge in [-0.05, 0) is 60.6 Å². The van der Waals surface area contributed by atoms with Gasteiger partial charge in [0.25, 0.3) is 0 Å². The summed E-state index contributed by atoms with van der Waals surface area (Å²) in [4.78, 5) is 0. The van der Waals surface area contributed by atoms with Gasteiger partial charge in [0.2, 0.25) is 8.77 Å². The molecule has 0 bridgehead atoms. The van der Waals surface area contributed by atoms with Gasteiger partial charge in [-0.25, -0.2) is 0 Å². The van der Waals surface area contributed by atoms with Crippen molar-refractivity contribution in [3.63, 3.8) is 0 Å². The van der Waals surface area contributed by atoms with Crippen LogP contribution < -0.4 is 0 Å². The fraction of sp³-hybridized carbons (Fsp3) is 0.889. The van der Waals surface area contributed by atoms with E-state index in [0.29, 0.717) is 8.77 Å². The number of thiocarbonyl (C=S) groups is 2. The first-order chi connectivity index (χ1) is 12.4. The Morgan fingerprint density at radius 2 is 1.08 bits per heavy atom. The third kappa shape index (κ3) is 21.5. The van der Waals surface area contributed by atoms with E-state index in [9.17, 15) is 0 Å². The Morgan fingerprint density at radius 1 is 0.692 bits per heavy atom. The molecule has 0 aliphatic carbocycles. The highest BCUT2D eigenvalue weighted by molar-refractivity contribution is 8.23. The minimum Gasteiger partial charge on any atom is -0.478 e. The van der Waals surface area contributed by atoms with E-state index in [4.69, 9.17) is 33.9 Å². The number of rotatable bonds is 15. The van der Waals surface area contributed by atoms with Crippen molar-refractivity contribution in [2.24, 2.45) is 11.8 Å². The van der Waals surface area contributed by atoms with E-state index in [1.165, 1.54) is 11.5 Å². The lowest BCUT2D eigenvalue weighted by Gasteiger charge is -2.09. The zero-order chi connectivity index (χ0) is 19.6. The smallest absolute Gasteiger partial charge is 0.219 e. The van der Waals surface area contributed by atoms with Crippen molar-refractivity contribution >= 4 is 80.2 Å². The molecule has 0 saturated carbocycles. The summed E-state index contributed by atoms with van der Waals surface area (Å²) in [6, 6.07) is 0. The molecule has 0 rings (SSSR count). The zero-order valence-corrected chi connectivity index (χ0v) is 21.4. The van der Waals surface area contributed by atoms with Gasteiger partial charge >= 0.3 is 0 Å². The molecular formula is C18H34O2S6. The standard InChI is InChI=1S/C18H34O2S6/c1-15(2)13-23-11-7-19-17(21)25-9-5-6-10-26-18(22)20-8-12-24-14-16(3)4/h15-16H,5-14H2,1-4H3. The van der Waals surface area contributed by atoms with Crippen LogP contribution in [0.2, 0.25) is 0 Å². The van der Waals surface area contributed by atoms with E-state index in [1.807, 2.05) is 23.5 Å². The van der Waals surface area contributed by atoms with Gasteiger partial charge in [-0.3, -0.25) is 0 Å². The molecule has 2 nitrogen and oxygen atoms in total. The van der Waals surface area contributed by atoms with E-state index in [-0.39, 0.29) is 0 Å². The molecule has 0 radical (unpaired) electrons. The lowest BCUT2D eigenvalue weighted by atomic mass is 10.3. The quantitative estimate of drug-likeness (QED) is 0.192. The zero-order valence-electron chi connectivity index (χ0n) is 16.5. The summed E-state index contributed by atoms with van der Waals surface area (Å²) in [5.74, 6) is 7.90. The van der Waals surface area contributed by atoms with Crippen molar-refractivity contribution in [1.82, 2.24) is 0 Å². The van der Waals surface area contributed by atoms with Gasteiger partial charge in [0.05, 0.1) is 13.2 Å². The van der Waals surface area contributed by atoms with Crippen molar-refractivity contribution in [2.45, 2.75) is 40.5 Å². The fourth-order valence-corrected chi connectivity index (χ4v) is 5.31. The van der Waals surface area contributed by atoms with Gasteiger partial charge in [-0.15, -0.1) is 0 Å². The Bertz CT molecular complexity index is 330. The van der Waals surface area contributed by atoms with Crippen LogP contribution in [0.1, 0.15) is 40.5 Å².